The van der Waals surface area contributed by atoms with Crippen molar-refractivity contribution in [1.29, 1.82) is 0 Å². The van der Waals surface area contributed by atoms with Gasteiger partial charge >= 0.3 is 5.97 Å². The van der Waals surface area contributed by atoms with Crippen molar-refractivity contribution in [2.24, 2.45) is 0 Å². The Labute approximate surface area is 125 Å². The van der Waals surface area contributed by atoms with Gasteiger partial charge in [0.1, 0.15) is 0 Å². The van der Waals surface area contributed by atoms with Crippen molar-refractivity contribution >= 4 is 11.9 Å². The molecule has 0 aliphatic heterocycles. The lowest BCUT2D eigenvalue weighted by Gasteiger charge is -2.16. The number of carbonyl (C=O) groups excluding carboxylic acids is 2. The predicted molar refractivity (Wildman–Crippen MR) is 81.3 cm³/mol. The molecule has 0 heterocycles. The van der Waals surface area contributed by atoms with Crippen molar-refractivity contribution in [2.45, 2.75) is 52.0 Å². The minimum Gasteiger partial charge on any atom is -0.452 e. The van der Waals surface area contributed by atoms with Gasteiger partial charge in [-0.3, -0.25) is 4.79 Å². The zero-order chi connectivity index (χ0) is 15.2. The van der Waals surface area contributed by atoms with Gasteiger partial charge in [-0.2, -0.15) is 0 Å². The molecule has 1 aliphatic rings. The number of hydrogen-bond donors (Lipinski definition) is 1. The molecule has 0 bridgehead atoms. The van der Waals surface area contributed by atoms with Crippen molar-refractivity contribution in [3.8, 4) is 0 Å². The van der Waals surface area contributed by atoms with Crippen LogP contribution in [0.1, 0.15) is 54.6 Å². The fourth-order valence-corrected chi connectivity index (χ4v) is 2.49. The molecule has 1 amide bonds. The number of ether oxygens (including phenoxy) is 1. The average Bonchev–Trinajstić information content (AvgIpc) is 2.51. The van der Waals surface area contributed by atoms with Crippen molar-refractivity contribution in [3.63, 3.8) is 0 Å². The summed E-state index contributed by atoms with van der Waals surface area (Å²) in [6.45, 7) is 3.69. The highest BCUT2D eigenvalue weighted by atomic mass is 16.5. The average molecular weight is 289 g/mol. The number of fused-ring (bicyclic) bond motifs is 1. The molecule has 0 unspecified atom stereocenters. The second-order valence-corrected chi connectivity index (χ2v) is 5.64. The summed E-state index contributed by atoms with van der Waals surface area (Å²) in [4.78, 5) is 23.6. The van der Waals surface area contributed by atoms with Crippen LogP contribution >= 0.6 is 0 Å². The van der Waals surface area contributed by atoms with Gasteiger partial charge in [0.25, 0.3) is 5.91 Å². The van der Waals surface area contributed by atoms with Gasteiger partial charge in [0, 0.05) is 6.04 Å². The first-order valence-corrected chi connectivity index (χ1v) is 7.68. The van der Waals surface area contributed by atoms with Gasteiger partial charge < -0.3 is 10.1 Å². The van der Waals surface area contributed by atoms with Crippen molar-refractivity contribution in [1.82, 2.24) is 5.32 Å². The molecule has 4 heteroatoms. The molecule has 1 aliphatic carbocycles. The lowest BCUT2D eigenvalue weighted by Crippen LogP contribution is -2.35. The first-order valence-electron chi connectivity index (χ1n) is 7.68. The largest absolute Gasteiger partial charge is 0.452 e. The summed E-state index contributed by atoms with van der Waals surface area (Å²) in [5, 5.41) is 2.77. The van der Waals surface area contributed by atoms with Crippen LogP contribution in [0.2, 0.25) is 0 Å². The van der Waals surface area contributed by atoms with Crippen LogP contribution in [0.15, 0.2) is 18.2 Å². The van der Waals surface area contributed by atoms with Crippen molar-refractivity contribution < 1.29 is 14.3 Å². The molecule has 2 rings (SSSR count). The molecule has 0 radical (unpaired) electrons. The van der Waals surface area contributed by atoms with Crippen molar-refractivity contribution in [2.75, 3.05) is 6.61 Å². The van der Waals surface area contributed by atoms with Crippen LogP contribution in [0.4, 0.5) is 0 Å². The number of nitrogens with one attached hydrogen (secondary N) is 1. The van der Waals surface area contributed by atoms with E-state index in [1.54, 1.807) is 6.07 Å². The van der Waals surface area contributed by atoms with Crippen LogP contribution < -0.4 is 5.32 Å². The fraction of sp³-hybridized carbons (Fsp3) is 0.529. The minimum atomic E-state index is -0.428. The van der Waals surface area contributed by atoms with Crippen LogP contribution in [-0.2, 0) is 22.4 Å². The quantitative estimate of drug-likeness (QED) is 0.848. The van der Waals surface area contributed by atoms with Crippen LogP contribution in [0.3, 0.4) is 0 Å². The molecule has 0 aromatic heterocycles. The van der Waals surface area contributed by atoms with Crippen LogP contribution in [-0.4, -0.2) is 24.5 Å². The molecule has 21 heavy (non-hydrogen) atoms. The van der Waals surface area contributed by atoms with Gasteiger partial charge in [-0.25, -0.2) is 4.79 Å². The molecule has 114 valence electrons. The van der Waals surface area contributed by atoms with E-state index in [9.17, 15) is 9.59 Å². The summed E-state index contributed by atoms with van der Waals surface area (Å²) < 4.78 is 5.08. The number of benzene rings is 1. The molecule has 1 aromatic rings. The van der Waals surface area contributed by atoms with E-state index in [4.69, 9.17) is 4.74 Å². The molecule has 1 N–H and O–H groups in total. The number of rotatable bonds is 5. The smallest absolute Gasteiger partial charge is 0.338 e. The van der Waals surface area contributed by atoms with Gasteiger partial charge in [-0.15, -0.1) is 0 Å². The second kappa shape index (κ2) is 7.25. The van der Waals surface area contributed by atoms with E-state index in [1.807, 2.05) is 26.0 Å². The summed E-state index contributed by atoms with van der Waals surface area (Å²) in [5.74, 6) is -0.682. The maximum absolute atomic E-state index is 12.0. The third kappa shape index (κ3) is 4.31. The summed E-state index contributed by atoms with van der Waals surface area (Å²) in [6.07, 6.45) is 5.34. The van der Waals surface area contributed by atoms with Gasteiger partial charge in [0.15, 0.2) is 6.61 Å². The molecular weight excluding hydrogens is 266 g/mol. The number of amides is 1. The molecule has 4 nitrogen and oxygen atoms in total. The van der Waals surface area contributed by atoms with Crippen LogP contribution in [0.25, 0.3) is 0 Å². The Morgan fingerprint density at radius 1 is 1.24 bits per heavy atom. The Morgan fingerprint density at radius 3 is 2.67 bits per heavy atom. The van der Waals surface area contributed by atoms with Gasteiger partial charge in [-0.05, 0) is 62.3 Å². The SMILES string of the molecule is CC[C@H](C)NC(=O)COC(=O)c1ccc2c(c1)CCCC2. The summed E-state index contributed by atoms with van der Waals surface area (Å²) >= 11 is 0. The Balaban J connectivity index is 1.90. The normalized spacial score (nSPS) is 15.0. The maximum atomic E-state index is 12.0. The Hall–Kier alpha value is -1.84. The van der Waals surface area contributed by atoms with Gasteiger partial charge in [0.05, 0.1) is 5.56 Å². The van der Waals surface area contributed by atoms with Gasteiger partial charge in [-0.1, -0.05) is 13.0 Å². The molecular formula is C17H23NO3. The minimum absolute atomic E-state index is 0.0972. The summed E-state index contributed by atoms with van der Waals surface area (Å²) in [6, 6.07) is 5.80. The summed E-state index contributed by atoms with van der Waals surface area (Å²) in [7, 11) is 0. The number of carbonyl (C=O) groups is 2. The maximum Gasteiger partial charge on any atom is 0.338 e. The molecule has 1 atom stereocenters. The number of hydrogen-bond acceptors (Lipinski definition) is 3. The van der Waals surface area contributed by atoms with E-state index in [0.717, 1.165) is 19.3 Å². The number of esters is 1. The lowest BCUT2D eigenvalue weighted by atomic mass is 9.90. The zero-order valence-corrected chi connectivity index (χ0v) is 12.8. The van der Waals surface area contributed by atoms with E-state index < -0.39 is 5.97 Å². The Bertz CT molecular complexity index is 525. The second-order valence-electron chi connectivity index (χ2n) is 5.64. The zero-order valence-electron chi connectivity index (χ0n) is 12.8. The number of aryl methyl sites for hydroxylation is 2. The fourth-order valence-electron chi connectivity index (χ4n) is 2.49. The van der Waals surface area contributed by atoms with Gasteiger partial charge in [0.2, 0.25) is 0 Å². The first kappa shape index (κ1) is 15.5. The van der Waals surface area contributed by atoms with E-state index in [2.05, 4.69) is 5.32 Å². The van der Waals surface area contributed by atoms with E-state index in [-0.39, 0.29) is 18.6 Å². The van der Waals surface area contributed by atoms with Crippen LogP contribution in [0, 0.1) is 0 Å². The lowest BCUT2D eigenvalue weighted by molar-refractivity contribution is -0.124. The Morgan fingerprint density at radius 2 is 1.95 bits per heavy atom. The molecule has 1 aromatic carbocycles. The summed E-state index contributed by atoms with van der Waals surface area (Å²) in [5.41, 5.74) is 3.10. The third-order valence-electron chi connectivity index (χ3n) is 3.94. The highest BCUT2D eigenvalue weighted by Gasteiger charge is 2.15. The third-order valence-corrected chi connectivity index (χ3v) is 3.94. The van der Waals surface area contributed by atoms with E-state index in [1.165, 1.54) is 24.0 Å². The van der Waals surface area contributed by atoms with E-state index in [0.29, 0.717) is 5.56 Å². The molecule has 0 fully saturated rings. The van der Waals surface area contributed by atoms with E-state index >= 15 is 0 Å². The molecule has 0 saturated heterocycles. The first-order chi connectivity index (χ1) is 10.1. The topological polar surface area (TPSA) is 55.4 Å². The standard InChI is InChI=1S/C17H23NO3/c1-3-12(2)18-16(19)11-21-17(20)15-9-8-13-6-4-5-7-14(13)10-15/h8-10,12H,3-7,11H2,1-2H3,(H,18,19)/t12-/m0/s1. The van der Waals surface area contributed by atoms with Crippen LogP contribution in [0.5, 0.6) is 0 Å². The highest BCUT2D eigenvalue weighted by Crippen LogP contribution is 2.22. The van der Waals surface area contributed by atoms with Crippen molar-refractivity contribution in [3.05, 3.63) is 34.9 Å². The monoisotopic (exact) mass is 289 g/mol. The highest BCUT2D eigenvalue weighted by molar-refractivity contribution is 5.91. The Kier molecular flexibility index (Phi) is 5.37. The predicted octanol–water partition coefficient (Wildman–Crippen LogP) is 2.64. The molecule has 0 saturated carbocycles. The molecule has 0 spiro atoms.